The highest BCUT2D eigenvalue weighted by molar-refractivity contribution is 6.12. The lowest BCUT2D eigenvalue weighted by Crippen LogP contribution is -2.37. The normalized spacial score (nSPS) is 11.8. The number of carboxylic acid groups (broad SMARTS) is 1. The topological polar surface area (TPSA) is 95.9 Å². The molecular formula is C37H40N2O5. The summed E-state index contributed by atoms with van der Waals surface area (Å²) < 4.78 is 6.00. The highest BCUT2D eigenvalue weighted by Crippen LogP contribution is 2.26. The molecule has 0 saturated carbocycles. The summed E-state index contributed by atoms with van der Waals surface area (Å²) in [5.74, 6) is -0.533. The largest absolute Gasteiger partial charge is 0.492 e. The molecular weight excluding hydrogens is 552 g/mol. The lowest BCUT2D eigenvalue weighted by Gasteiger charge is -2.28. The second-order valence-electron chi connectivity index (χ2n) is 12.0. The smallest absolute Gasteiger partial charge is 0.326 e. The Morgan fingerprint density at radius 3 is 2.14 bits per heavy atom. The monoisotopic (exact) mass is 592 g/mol. The molecule has 0 bridgehead atoms. The number of ether oxygens (including phenoxy) is 1. The number of carboxylic acids is 1. The van der Waals surface area contributed by atoms with Gasteiger partial charge in [-0.15, -0.1) is 0 Å². The Morgan fingerprint density at radius 2 is 1.48 bits per heavy atom. The van der Waals surface area contributed by atoms with Crippen molar-refractivity contribution in [3.63, 3.8) is 0 Å². The van der Waals surface area contributed by atoms with E-state index in [1.165, 1.54) is 0 Å². The first-order valence-corrected chi connectivity index (χ1v) is 14.8. The van der Waals surface area contributed by atoms with Crippen LogP contribution in [0.1, 0.15) is 54.2 Å². The van der Waals surface area contributed by atoms with Crippen LogP contribution in [0.3, 0.4) is 0 Å². The van der Waals surface area contributed by atoms with Crippen LogP contribution < -0.4 is 15.0 Å². The Hall–Kier alpha value is -4.91. The Morgan fingerprint density at radius 1 is 0.841 bits per heavy atom. The van der Waals surface area contributed by atoms with Gasteiger partial charge in [-0.25, -0.2) is 4.79 Å². The van der Waals surface area contributed by atoms with Crippen LogP contribution in [-0.4, -0.2) is 42.0 Å². The number of para-hydroxylation sites is 2. The molecule has 44 heavy (non-hydrogen) atoms. The number of benzene rings is 4. The minimum atomic E-state index is -1.02. The first-order chi connectivity index (χ1) is 21.0. The first-order valence-electron chi connectivity index (χ1n) is 14.8. The van der Waals surface area contributed by atoms with Gasteiger partial charge in [0.2, 0.25) is 5.91 Å². The standard InChI is InChI=1S/C37H40N2O5/c1-26-12-8-11-17-33(26)39(34(40)25-37(2,3)4)22-23-44-29-20-18-27(19-21-29)24-32(36(42)43)38-31-16-10-9-15-30(31)35(41)28-13-6-5-7-14-28/h5-21,32,38H,22-25H2,1-4H3,(H,42,43)/t32-/m0/s1. The van der Waals surface area contributed by atoms with E-state index in [9.17, 15) is 19.5 Å². The molecule has 0 heterocycles. The van der Waals surface area contributed by atoms with Crippen LogP contribution in [0, 0.1) is 12.3 Å². The van der Waals surface area contributed by atoms with Crippen molar-refractivity contribution in [2.45, 2.75) is 46.6 Å². The molecule has 0 aliphatic carbocycles. The van der Waals surface area contributed by atoms with Crippen LogP contribution in [0.5, 0.6) is 5.75 Å². The number of aliphatic carboxylic acids is 1. The number of hydrogen-bond donors (Lipinski definition) is 2. The number of carbonyl (C=O) groups excluding carboxylic acids is 2. The van der Waals surface area contributed by atoms with Crippen LogP contribution in [-0.2, 0) is 16.0 Å². The number of amides is 1. The number of aryl methyl sites for hydroxylation is 1. The van der Waals surface area contributed by atoms with Gasteiger partial charge in [0.15, 0.2) is 5.78 Å². The van der Waals surface area contributed by atoms with E-state index in [0.717, 1.165) is 16.8 Å². The molecule has 0 radical (unpaired) electrons. The highest BCUT2D eigenvalue weighted by atomic mass is 16.5. The number of nitrogens with one attached hydrogen (secondary N) is 1. The number of ketones is 1. The Kier molecular flexibility index (Phi) is 10.6. The van der Waals surface area contributed by atoms with E-state index in [-0.39, 0.29) is 23.5 Å². The fraction of sp³-hybridized carbons (Fsp3) is 0.270. The average molecular weight is 593 g/mol. The summed E-state index contributed by atoms with van der Waals surface area (Å²) in [6, 6.07) is 30.0. The molecule has 0 saturated heterocycles. The van der Waals surface area contributed by atoms with Gasteiger partial charge in [-0.05, 0) is 53.8 Å². The van der Waals surface area contributed by atoms with Gasteiger partial charge >= 0.3 is 5.97 Å². The zero-order valence-electron chi connectivity index (χ0n) is 25.7. The molecule has 0 spiro atoms. The van der Waals surface area contributed by atoms with E-state index in [0.29, 0.717) is 42.1 Å². The molecule has 7 nitrogen and oxygen atoms in total. The minimum Gasteiger partial charge on any atom is -0.492 e. The molecule has 0 aliphatic heterocycles. The van der Waals surface area contributed by atoms with Crippen molar-refractivity contribution in [1.82, 2.24) is 0 Å². The Balaban J connectivity index is 1.40. The van der Waals surface area contributed by atoms with E-state index in [2.05, 4.69) is 5.32 Å². The second-order valence-corrected chi connectivity index (χ2v) is 12.0. The molecule has 4 aromatic carbocycles. The van der Waals surface area contributed by atoms with Crippen LogP contribution in [0.25, 0.3) is 0 Å². The third-order valence-corrected chi connectivity index (χ3v) is 7.17. The summed E-state index contributed by atoms with van der Waals surface area (Å²) >= 11 is 0. The lowest BCUT2D eigenvalue weighted by atomic mass is 9.91. The SMILES string of the molecule is Cc1ccccc1N(CCOc1ccc(C[C@H](Nc2ccccc2C(=O)c2ccccc2)C(=O)O)cc1)C(=O)CC(C)(C)C. The molecule has 0 aromatic heterocycles. The molecule has 4 aromatic rings. The number of rotatable bonds is 13. The Labute approximate surface area is 259 Å². The average Bonchev–Trinajstić information content (AvgIpc) is 2.99. The predicted molar refractivity (Wildman–Crippen MR) is 175 cm³/mol. The highest BCUT2D eigenvalue weighted by Gasteiger charge is 2.24. The molecule has 4 rings (SSSR count). The summed E-state index contributed by atoms with van der Waals surface area (Å²) in [4.78, 5) is 40.3. The van der Waals surface area contributed by atoms with Gasteiger partial charge in [-0.1, -0.05) is 93.6 Å². The first kappa shape index (κ1) is 32.0. The van der Waals surface area contributed by atoms with Crippen molar-refractivity contribution >= 4 is 29.0 Å². The predicted octanol–water partition coefficient (Wildman–Crippen LogP) is 7.18. The molecule has 228 valence electrons. The van der Waals surface area contributed by atoms with Gasteiger partial charge in [-0.3, -0.25) is 9.59 Å². The van der Waals surface area contributed by atoms with Crippen LogP contribution in [0.15, 0.2) is 103 Å². The summed E-state index contributed by atoms with van der Waals surface area (Å²) in [6.07, 6.45) is 0.617. The maximum atomic E-state index is 13.2. The minimum absolute atomic E-state index is 0.0463. The summed E-state index contributed by atoms with van der Waals surface area (Å²) in [6.45, 7) is 8.83. The van der Waals surface area contributed by atoms with Gasteiger partial charge in [0, 0.05) is 35.3 Å². The van der Waals surface area contributed by atoms with E-state index < -0.39 is 12.0 Å². The zero-order chi connectivity index (χ0) is 31.7. The molecule has 1 atom stereocenters. The van der Waals surface area contributed by atoms with E-state index in [4.69, 9.17) is 4.74 Å². The van der Waals surface area contributed by atoms with Crippen molar-refractivity contribution in [2.75, 3.05) is 23.4 Å². The third-order valence-electron chi connectivity index (χ3n) is 7.17. The lowest BCUT2D eigenvalue weighted by molar-refractivity contribution is -0.137. The van der Waals surface area contributed by atoms with Gasteiger partial charge in [0.1, 0.15) is 18.4 Å². The maximum Gasteiger partial charge on any atom is 0.326 e. The van der Waals surface area contributed by atoms with Gasteiger partial charge < -0.3 is 20.1 Å². The van der Waals surface area contributed by atoms with Crippen LogP contribution in [0.4, 0.5) is 11.4 Å². The van der Waals surface area contributed by atoms with Crippen molar-refractivity contribution in [3.05, 3.63) is 125 Å². The molecule has 7 heteroatoms. The number of hydrogen-bond acceptors (Lipinski definition) is 5. The van der Waals surface area contributed by atoms with E-state index in [1.807, 2.05) is 70.2 Å². The van der Waals surface area contributed by atoms with Crippen molar-refractivity contribution in [1.29, 1.82) is 0 Å². The van der Waals surface area contributed by atoms with Crippen molar-refractivity contribution in [3.8, 4) is 5.75 Å². The van der Waals surface area contributed by atoms with Crippen molar-refractivity contribution in [2.24, 2.45) is 5.41 Å². The van der Waals surface area contributed by atoms with E-state index >= 15 is 0 Å². The fourth-order valence-electron chi connectivity index (χ4n) is 4.95. The second kappa shape index (κ2) is 14.5. The number of nitrogens with zero attached hydrogens (tertiary/aromatic N) is 1. The molecule has 0 fully saturated rings. The maximum absolute atomic E-state index is 13.2. The van der Waals surface area contributed by atoms with Crippen LogP contribution >= 0.6 is 0 Å². The van der Waals surface area contributed by atoms with Gasteiger partial charge in [0.25, 0.3) is 0 Å². The Bertz CT molecular complexity index is 1580. The quantitative estimate of drug-likeness (QED) is 0.160. The molecule has 0 aliphatic rings. The third kappa shape index (κ3) is 8.80. The summed E-state index contributed by atoms with van der Waals surface area (Å²) in [7, 11) is 0. The van der Waals surface area contributed by atoms with Crippen LogP contribution in [0.2, 0.25) is 0 Å². The summed E-state index contributed by atoms with van der Waals surface area (Å²) in [5, 5.41) is 13.1. The number of anilines is 2. The molecule has 2 N–H and O–H groups in total. The number of carbonyl (C=O) groups is 3. The summed E-state index contributed by atoms with van der Waals surface area (Å²) in [5.41, 5.74) is 3.96. The van der Waals surface area contributed by atoms with Gasteiger partial charge in [-0.2, -0.15) is 0 Å². The van der Waals surface area contributed by atoms with E-state index in [1.54, 1.807) is 65.6 Å². The fourth-order valence-corrected chi connectivity index (χ4v) is 4.95. The zero-order valence-corrected chi connectivity index (χ0v) is 25.7. The molecule has 0 unspecified atom stereocenters. The molecule has 1 amide bonds. The van der Waals surface area contributed by atoms with Gasteiger partial charge in [0.05, 0.1) is 6.54 Å². The van der Waals surface area contributed by atoms with Crippen molar-refractivity contribution < 1.29 is 24.2 Å².